The normalized spacial score (nSPS) is 20.7. The van der Waals surface area contributed by atoms with Crippen LogP contribution in [0.15, 0.2) is 24.5 Å². The van der Waals surface area contributed by atoms with Crippen LogP contribution in [-0.2, 0) is 6.18 Å². The van der Waals surface area contributed by atoms with Crippen LogP contribution < -0.4 is 4.90 Å². The molecule has 0 amide bonds. The molecule has 10 heteroatoms. The second-order valence-corrected chi connectivity index (χ2v) is 7.07. The Morgan fingerprint density at radius 2 is 2.00 bits per heavy atom. The quantitative estimate of drug-likeness (QED) is 0.593. The molecule has 0 radical (unpaired) electrons. The highest BCUT2D eigenvalue weighted by molar-refractivity contribution is 5.65. The molecular weight excluding hydrogens is 363 g/mol. The van der Waals surface area contributed by atoms with E-state index in [0.717, 1.165) is 37.6 Å². The highest BCUT2D eigenvalue weighted by atomic mass is 19.4. The highest BCUT2D eigenvalue weighted by Gasteiger charge is 2.36. The molecule has 0 bridgehead atoms. The second-order valence-electron chi connectivity index (χ2n) is 7.07. The molecule has 2 aromatic rings. The summed E-state index contributed by atoms with van der Waals surface area (Å²) in [5, 5.41) is 19.6. The molecule has 2 aliphatic rings. The van der Waals surface area contributed by atoms with Crippen molar-refractivity contribution in [2.24, 2.45) is 0 Å². The highest BCUT2D eigenvalue weighted by Crippen LogP contribution is 2.41. The first kappa shape index (κ1) is 17.7. The number of rotatable bonds is 4. The summed E-state index contributed by atoms with van der Waals surface area (Å²) < 4.78 is 40.8. The minimum atomic E-state index is -4.62. The third kappa shape index (κ3) is 3.47. The fourth-order valence-corrected chi connectivity index (χ4v) is 3.70. The molecule has 1 aliphatic heterocycles. The number of anilines is 1. The van der Waals surface area contributed by atoms with Gasteiger partial charge in [-0.1, -0.05) is 0 Å². The van der Waals surface area contributed by atoms with Gasteiger partial charge in [-0.2, -0.15) is 13.2 Å². The van der Waals surface area contributed by atoms with Crippen LogP contribution in [-0.4, -0.2) is 32.8 Å². The molecule has 1 atom stereocenters. The predicted octanol–water partition coefficient (Wildman–Crippen LogP) is 3.92. The first-order valence-electron chi connectivity index (χ1n) is 8.84. The van der Waals surface area contributed by atoms with Crippen molar-refractivity contribution in [3.05, 3.63) is 46.0 Å². The zero-order chi connectivity index (χ0) is 19.2. The number of benzene rings is 1. The Bertz CT molecular complexity index is 862. The maximum atomic E-state index is 12.9. The van der Waals surface area contributed by atoms with Crippen LogP contribution in [0.3, 0.4) is 0 Å². The molecule has 2 heterocycles. The molecule has 2 fully saturated rings. The van der Waals surface area contributed by atoms with Crippen molar-refractivity contribution in [1.29, 1.82) is 0 Å². The number of alkyl halides is 3. The van der Waals surface area contributed by atoms with Gasteiger partial charge in [-0.25, -0.2) is 0 Å². The van der Waals surface area contributed by atoms with E-state index in [9.17, 15) is 23.3 Å². The molecule has 1 aromatic heterocycles. The van der Waals surface area contributed by atoms with E-state index in [1.54, 1.807) is 11.2 Å². The molecule has 1 unspecified atom stereocenters. The van der Waals surface area contributed by atoms with Crippen LogP contribution in [0.5, 0.6) is 0 Å². The number of nitro benzene ring substituents is 1. The number of nitro groups is 1. The molecule has 1 saturated heterocycles. The van der Waals surface area contributed by atoms with E-state index < -0.39 is 22.4 Å². The fourth-order valence-electron chi connectivity index (χ4n) is 3.70. The first-order chi connectivity index (χ1) is 12.8. The Labute approximate surface area is 152 Å². The summed E-state index contributed by atoms with van der Waals surface area (Å²) >= 11 is 0. The standard InChI is InChI=1S/C17H18F3N5O2/c18-17(19,20)12-3-6-14(15(8-12)25(26)27)23-7-1-2-11(9-23)16-22-21-10-24(16)13-4-5-13/h3,6,8,10-11,13H,1-2,4-5,7,9H2. The molecule has 1 saturated carbocycles. The lowest BCUT2D eigenvalue weighted by Crippen LogP contribution is -2.35. The number of nitrogens with zero attached hydrogens (tertiary/aromatic N) is 5. The SMILES string of the molecule is O=[N+]([O-])c1cc(C(F)(F)F)ccc1N1CCCC(c2nncn2C2CC2)C1. The molecule has 27 heavy (non-hydrogen) atoms. The zero-order valence-electron chi connectivity index (χ0n) is 14.4. The molecular formula is C17H18F3N5O2. The van der Waals surface area contributed by atoms with E-state index in [0.29, 0.717) is 25.2 Å². The van der Waals surface area contributed by atoms with Gasteiger partial charge in [0.25, 0.3) is 5.69 Å². The van der Waals surface area contributed by atoms with E-state index in [-0.39, 0.29) is 11.6 Å². The minimum Gasteiger partial charge on any atom is -0.365 e. The number of hydrogen-bond donors (Lipinski definition) is 0. The Balaban J connectivity index is 1.63. The maximum absolute atomic E-state index is 12.9. The molecule has 1 aromatic carbocycles. The Morgan fingerprint density at radius 3 is 2.67 bits per heavy atom. The largest absolute Gasteiger partial charge is 0.416 e. The van der Waals surface area contributed by atoms with Gasteiger partial charge in [0.05, 0.1) is 10.5 Å². The predicted molar refractivity (Wildman–Crippen MR) is 90.6 cm³/mol. The summed E-state index contributed by atoms with van der Waals surface area (Å²) in [6, 6.07) is 3.14. The van der Waals surface area contributed by atoms with Crippen molar-refractivity contribution < 1.29 is 18.1 Å². The number of piperidine rings is 1. The molecule has 0 N–H and O–H groups in total. The van der Waals surface area contributed by atoms with Gasteiger partial charge in [0.15, 0.2) is 0 Å². The molecule has 7 nitrogen and oxygen atoms in total. The second kappa shape index (κ2) is 6.50. The monoisotopic (exact) mass is 381 g/mol. The van der Waals surface area contributed by atoms with E-state index in [1.165, 1.54) is 6.07 Å². The molecule has 0 spiro atoms. The molecule has 4 rings (SSSR count). The summed E-state index contributed by atoms with van der Waals surface area (Å²) in [7, 11) is 0. The average molecular weight is 381 g/mol. The van der Waals surface area contributed by atoms with Crippen LogP contribution >= 0.6 is 0 Å². The van der Waals surface area contributed by atoms with E-state index >= 15 is 0 Å². The van der Waals surface area contributed by atoms with Gasteiger partial charge in [-0.3, -0.25) is 10.1 Å². The van der Waals surface area contributed by atoms with Gasteiger partial charge in [0.2, 0.25) is 0 Å². The van der Waals surface area contributed by atoms with Gasteiger partial charge in [0, 0.05) is 31.1 Å². The molecule has 144 valence electrons. The van der Waals surface area contributed by atoms with E-state index in [2.05, 4.69) is 14.8 Å². The summed E-state index contributed by atoms with van der Waals surface area (Å²) in [4.78, 5) is 12.4. The number of halogens is 3. The van der Waals surface area contributed by atoms with Gasteiger partial charge < -0.3 is 9.47 Å². The lowest BCUT2D eigenvalue weighted by atomic mass is 9.96. The minimum absolute atomic E-state index is 0.0451. The Kier molecular flexibility index (Phi) is 4.27. The summed E-state index contributed by atoms with van der Waals surface area (Å²) in [5.41, 5.74) is -1.32. The van der Waals surface area contributed by atoms with Gasteiger partial charge in [-0.15, -0.1) is 10.2 Å². The van der Waals surface area contributed by atoms with Crippen LogP contribution in [0, 0.1) is 10.1 Å². The summed E-state index contributed by atoms with van der Waals surface area (Å²) in [5.74, 6) is 0.903. The van der Waals surface area contributed by atoms with Crippen molar-refractivity contribution in [3.8, 4) is 0 Å². The van der Waals surface area contributed by atoms with Crippen molar-refractivity contribution in [2.45, 2.75) is 43.8 Å². The van der Waals surface area contributed by atoms with E-state index in [1.807, 2.05) is 0 Å². The van der Waals surface area contributed by atoms with Crippen LogP contribution in [0.2, 0.25) is 0 Å². The zero-order valence-corrected chi connectivity index (χ0v) is 14.4. The smallest absolute Gasteiger partial charge is 0.365 e. The van der Waals surface area contributed by atoms with E-state index in [4.69, 9.17) is 0 Å². The van der Waals surface area contributed by atoms with Gasteiger partial charge in [0.1, 0.15) is 17.8 Å². The van der Waals surface area contributed by atoms with Crippen molar-refractivity contribution >= 4 is 11.4 Å². The van der Waals surface area contributed by atoms with Crippen LogP contribution in [0.4, 0.5) is 24.5 Å². The Morgan fingerprint density at radius 1 is 1.22 bits per heavy atom. The maximum Gasteiger partial charge on any atom is 0.416 e. The van der Waals surface area contributed by atoms with Gasteiger partial charge >= 0.3 is 6.18 Å². The topological polar surface area (TPSA) is 77.1 Å². The summed E-state index contributed by atoms with van der Waals surface area (Å²) in [6.45, 7) is 1.03. The average Bonchev–Trinajstić information content (AvgIpc) is 3.37. The summed E-state index contributed by atoms with van der Waals surface area (Å²) in [6.07, 6.45) is 0.926. The first-order valence-corrected chi connectivity index (χ1v) is 8.84. The lowest BCUT2D eigenvalue weighted by molar-refractivity contribution is -0.384. The number of aromatic nitrogens is 3. The van der Waals surface area contributed by atoms with Crippen molar-refractivity contribution in [1.82, 2.24) is 14.8 Å². The number of hydrogen-bond acceptors (Lipinski definition) is 5. The third-order valence-electron chi connectivity index (χ3n) is 5.17. The Hall–Kier alpha value is -2.65. The van der Waals surface area contributed by atoms with Crippen LogP contribution in [0.25, 0.3) is 0 Å². The van der Waals surface area contributed by atoms with Crippen LogP contribution in [0.1, 0.15) is 49.0 Å². The van der Waals surface area contributed by atoms with Crippen molar-refractivity contribution in [3.63, 3.8) is 0 Å². The third-order valence-corrected chi connectivity index (χ3v) is 5.17. The molecule has 1 aliphatic carbocycles. The fraction of sp³-hybridized carbons (Fsp3) is 0.529. The van der Waals surface area contributed by atoms with Gasteiger partial charge in [-0.05, 0) is 37.8 Å². The van der Waals surface area contributed by atoms with Crippen molar-refractivity contribution in [2.75, 3.05) is 18.0 Å². The lowest BCUT2D eigenvalue weighted by Gasteiger charge is -2.33.